The maximum absolute atomic E-state index is 3.53. The van der Waals surface area contributed by atoms with Crippen molar-refractivity contribution < 1.29 is 0 Å². The van der Waals surface area contributed by atoms with Gasteiger partial charge in [0.1, 0.15) is 0 Å². The molecular formula is C42H90S4. The standard InChI is InChI=1S/C39H80S3.C2H6.CH4S/c1-6-10-13-16-19-22-25-28-31-37(9-4)34-38(32-29-26-23-20-17-14-11-7-2)35-41-42-39(36-40-5)33-30-27-24-21-18-15-12-8-3;2*1-2/h37-39H,6-36H2,1-5H3;1-2H3;2H,1H3. The van der Waals surface area contributed by atoms with E-state index in [1.807, 2.05) is 13.8 Å². The molecule has 4 heteroatoms. The average Bonchev–Trinajstić information content (AvgIpc) is 3.09. The molecule has 0 heterocycles. The van der Waals surface area contributed by atoms with E-state index in [2.05, 4.69) is 79.9 Å². The summed E-state index contributed by atoms with van der Waals surface area (Å²) in [5.41, 5.74) is 0. The summed E-state index contributed by atoms with van der Waals surface area (Å²) < 4.78 is 0. The Balaban J connectivity index is -0.00000443. The van der Waals surface area contributed by atoms with Crippen LogP contribution in [-0.2, 0) is 0 Å². The number of thioether (sulfide) groups is 1. The second kappa shape index (κ2) is 48.5. The van der Waals surface area contributed by atoms with Gasteiger partial charge in [-0.05, 0) is 43.6 Å². The minimum absolute atomic E-state index is 0.855. The van der Waals surface area contributed by atoms with Gasteiger partial charge >= 0.3 is 0 Å². The summed E-state index contributed by atoms with van der Waals surface area (Å²) in [6, 6.07) is 0. The Bertz CT molecular complexity index is 486. The van der Waals surface area contributed by atoms with Gasteiger partial charge in [0.25, 0.3) is 0 Å². The van der Waals surface area contributed by atoms with E-state index >= 15 is 0 Å². The van der Waals surface area contributed by atoms with E-state index < -0.39 is 0 Å². The zero-order valence-corrected chi connectivity index (χ0v) is 36.7. The smallest absolute Gasteiger partial charge is 0.0242 e. The van der Waals surface area contributed by atoms with Gasteiger partial charge < -0.3 is 0 Å². The van der Waals surface area contributed by atoms with Crippen molar-refractivity contribution in [1.82, 2.24) is 0 Å². The van der Waals surface area contributed by atoms with Gasteiger partial charge in [-0.2, -0.15) is 24.4 Å². The summed E-state index contributed by atoms with van der Waals surface area (Å²) in [6.45, 7) is 13.4. The lowest BCUT2D eigenvalue weighted by atomic mass is 9.86. The highest BCUT2D eigenvalue weighted by atomic mass is 33.1. The highest BCUT2D eigenvalue weighted by Gasteiger charge is 2.17. The molecule has 282 valence electrons. The van der Waals surface area contributed by atoms with Crippen molar-refractivity contribution in [1.29, 1.82) is 0 Å². The van der Waals surface area contributed by atoms with Crippen LogP contribution in [0.2, 0.25) is 0 Å². The van der Waals surface area contributed by atoms with Gasteiger partial charge in [-0.15, -0.1) is 0 Å². The third-order valence-electron chi connectivity index (χ3n) is 9.42. The lowest BCUT2D eigenvalue weighted by Crippen LogP contribution is -2.12. The second-order valence-electron chi connectivity index (χ2n) is 13.6. The molecule has 0 spiro atoms. The van der Waals surface area contributed by atoms with Crippen molar-refractivity contribution in [3.05, 3.63) is 0 Å². The topological polar surface area (TPSA) is 0 Å². The predicted molar refractivity (Wildman–Crippen MR) is 232 cm³/mol. The van der Waals surface area contributed by atoms with Crippen molar-refractivity contribution in [2.24, 2.45) is 11.8 Å². The van der Waals surface area contributed by atoms with Gasteiger partial charge in [-0.3, -0.25) is 0 Å². The van der Waals surface area contributed by atoms with Gasteiger partial charge in [0, 0.05) is 16.8 Å². The van der Waals surface area contributed by atoms with Crippen molar-refractivity contribution in [2.75, 3.05) is 24.0 Å². The molecule has 0 rings (SSSR count). The van der Waals surface area contributed by atoms with Gasteiger partial charge in [-0.1, -0.05) is 230 Å². The molecular weight excluding hydrogens is 633 g/mol. The van der Waals surface area contributed by atoms with E-state index in [9.17, 15) is 0 Å². The lowest BCUT2D eigenvalue weighted by molar-refractivity contribution is 0.333. The highest BCUT2D eigenvalue weighted by molar-refractivity contribution is 8.77. The highest BCUT2D eigenvalue weighted by Crippen LogP contribution is 2.37. The minimum Gasteiger partial charge on any atom is -0.183 e. The maximum Gasteiger partial charge on any atom is 0.0242 e. The lowest BCUT2D eigenvalue weighted by Gasteiger charge is -2.24. The largest absolute Gasteiger partial charge is 0.183 e. The van der Waals surface area contributed by atoms with Crippen LogP contribution in [-0.4, -0.2) is 29.3 Å². The Morgan fingerprint density at radius 1 is 0.435 bits per heavy atom. The Hall–Kier alpha value is 1.40. The third kappa shape index (κ3) is 41.6. The van der Waals surface area contributed by atoms with E-state index in [0.717, 1.165) is 17.1 Å². The molecule has 3 atom stereocenters. The van der Waals surface area contributed by atoms with Crippen LogP contribution in [0.1, 0.15) is 228 Å². The van der Waals surface area contributed by atoms with Gasteiger partial charge in [0.05, 0.1) is 0 Å². The molecule has 0 aliphatic carbocycles. The van der Waals surface area contributed by atoms with Crippen molar-refractivity contribution in [3.63, 3.8) is 0 Å². The Kier molecular flexibility index (Phi) is 54.6. The summed E-state index contributed by atoms with van der Waals surface area (Å²) in [7, 11) is 4.53. The fraction of sp³-hybridized carbons (Fsp3) is 1.00. The molecule has 0 aromatic heterocycles. The van der Waals surface area contributed by atoms with Crippen LogP contribution in [0.15, 0.2) is 0 Å². The molecule has 0 saturated heterocycles. The van der Waals surface area contributed by atoms with Crippen LogP contribution in [0.3, 0.4) is 0 Å². The van der Waals surface area contributed by atoms with Crippen LogP contribution < -0.4 is 0 Å². The van der Waals surface area contributed by atoms with Crippen LogP contribution in [0.25, 0.3) is 0 Å². The molecule has 0 aromatic carbocycles. The van der Waals surface area contributed by atoms with Gasteiger partial charge in [0.2, 0.25) is 0 Å². The van der Waals surface area contributed by atoms with Crippen molar-refractivity contribution >= 4 is 46.0 Å². The summed E-state index contributed by atoms with van der Waals surface area (Å²) in [5.74, 6) is 4.65. The van der Waals surface area contributed by atoms with Crippen LogP contribution >= 0.6 is 46.0 Å². The van der Waals surface area contributed by atoms with Crippen molar-refractivity contribution in [2.45, 2.75) is 233 Å². The Morgan fingerprint density at radius 3 is 1.15 bits per heavy atom. The van der Waals surface area contributed by atoms with Crippen molar-refractivity contribution in [3.8, 4) is 0 Å². The molecule has 0 nitrogen and oxygen atoms in total. The first kappa shape index (κ1) is 51.8. The number of hydrogen-bond donors (Lipinski definition) is 1. The second-order valence-corrected chi connectivity index (χ2v) is 17.2. The van der Waals surface area contributed by atoms with Crippen LogP contribution in [0.4, 0.5) is 0 Å². The number of thiol groups is 1. The Morgan fingerprint density at radius 2 is 0.783 bits per heavy atom. The molecule has 0 saturated carbocycles. The van der Waals surface area contributed by atoms with Crippen LogP contribution in [0, 0.1) is 11.8 Å². The normalized spacial score (nSPS) is 13.0. The third-order valence-corrected chi connectivity index (χ3v) is 13.4. The van der Waals surface area contributed by atoms with E-state index in [1.165, 1.54) is 198 Å². The first-order chi connectivity index (χ1) is 22.7. The summed E-state index contributed by atoms with van der Waals surface area (Å²) >= 11 is 5.60. The molecule has 0 fully saturated rings. The first-order valence-corrected chi connectivity index (χ1v) is 25.6. The van der Waals surface area contributed by atoms with Gasteiger partial charge in [0.15, 0.2) is 0 Å². The predicted octanol–water partition coefficient (Wildman–Crippen LogP) is 17.3. The van der Waals surface area contributed by atoms with Crippen LogP contribution in [0.5, 0.6) is 0 Å². The molecule has 0 N–H and O–H groups in total. The monoisotopic (exact) mass is 723 g/mol. The fourth-order valence-corrected chi connectivity index (χ4v) is 10.8. The fourth-order valence-electron chi connectivity index (χ4n) is 6.45. The molecule has 0 aliphatic heterocycles. The summed E-state index contributed by atoms with van der Waals surface area (Å²) in [4.78, 5) is 0. The number of rotatable bonds is 36. The number of hydrogen-bond acceptors (Lipinski definition) is 4. The van der Waals surface area contributed by atoms with E-state index in [-0.39, 0.29) is 0 Å². The maximum atomic E-state index is 3.53. The molecule has 0 aliphatic rings. The average molecular weight is 723 g/mol. The molecule has 0 aromatic rings. The molecule has 46 heavy (non-hydrogen) atoms. The van der Waals surface area contributed by atoms with E-state index in [0.29, 0.717) is 0 Å². The van der Waals surface area contributed by atoms with Gasteiger partial charge in [-0.25, -0.2) is 0 Å². The zero-order chi connectivity index (χ0) is 34.8. The molecule has 0 bridgehead atoms. The zero-order valence-electron chi connectivity index (χ0n) is 33.3. The van der Waals surface area contributed by atoms with E-state index in [1.54, 1.807) is 6.26 Å². The molecule has 0 amide bonds. The summed E-state index contributed by atoms with van der Waals surface area (Å²) in [5, 5.41) is 0.855. The first-order valence-electron chi connectivity index (χ1n) is 20.9. The SMILES string of the molecule is CC.CCCCCCCCCCC(CC)CC(CCCCCCCCCC)CSSC(CCCCCCCCCC)CSC.CS. The molecule has 3 unspecified atom stereocenters. The quantitative estimate of drug-likeness (QED) is 0.0389. The van der Waals surface area contributed by atoms with E-state index in [4.69, 9.17) is 0 Å². The number of unbranched alkanes of at least 4 members (excludes halogenated alkanes) is 21. The Labute approximate surface area is 313 Å². The summed E-state index contributed by atoms with van der Waals surface area (Å²) in [6.07, 6.45) is 46.1. The minimum atomic E-state index is 0.855. The molecule has 0 radical (unpaired) electrons.